The van der Waals surface area contributed by atoms with E-state index in [0.29, 0.717) is 18.5 Å². The van der Waals surface area contributed by atoms with Gasteiger partial charge < -0.3 is 19.4 Å². The molecule has 7 nitrogen and oxygen atoms in total. The van der Waals surface area contributed by atoms with E-state index in [4.69, 9.17) is 0 Å². The Morgan fingerprint density at radius 2 is 2.08 bits per heavy atom. The summed E-state index contributed by atoms with van der Waals surface area (Å²) in [6.07, 6.45) is 4.03. The molecule has 1 saturated heterocycles. The molecule has 0 radical (unpaired) electrons. The third-order valence-electron chi connectivity index (χ3n) is 5.48. The molecule has 1 aliphatic rings. The minimum absolute atomic E-state index is 0.00668. The van der Waals surface area contributed by atoms with Gasteiger partial charge in [0.25, 0.3) is 5.91 Å². The zero-order valence-corrected chi connectivity index (χ0v) is 16.1. The SMILES string of the molecule is CCn1c(C)cc(C(=O)NC[C@@H]2CC(=O)N(C)[C@H]2c2nccn2C)c1C. The van der Waals surface area contributed by atoms with Crippen molar-refractivity contribution in [2.75, 3.05) is 13.6 Å². The third-order valence-corrected chi connectivity index (χ3v) is 5.48. The molecule has 1 aliphatic heterocycles. The van der Waals surface area contributed by atoms with Gasteiger partial charge in [-0.2, -0.15) is 0 Å². The van der Waals surface area contributed by atoms with Gasteiger partial charge in [-0.25, -0.2) is 4.98 Å². The molecule has 2 aromatic heterocycles. The number of carbonyl (C=O) groups excluding carboxylic acids is 2. The Morgan fingerprint density at radius 3 is 2.65 bits per heavy atom. The quantitative estimate of drug-likeness (QED) is 0.887. The molecule has 2 aromatic rings. The van der Waals surface area contributed by atoms with Crippen molar-refractivity contribution in [3.8, 4) is 0 Å². The molecule has 0 spiro atoms. The number of nitrogens with zero attached hydrogens (tertiary/aromatic N) is 4. The Hall–Kier alpha value is -2.57. The van der Waals surface area contributed by atoms with Gasteiger partial charge in [0.15, 0.2) is 0 Å². The van der Waals surface area contributed by atoms with Crippen molar-refractivity contribution in [2.24, 2.45) is 13.0 Å². The van der Waals surface area contributed by atoms with Gasteiger partial charge in [-0.15, -0.1) is 0 Å². The summed E-state index contributed by atoms with van der Waals surface area (Å²) in [5, 5.41) is 3.03. The van der Waals surface area contributed by atoms with Gasteiger partial charge in [0, 0.05) is 63.3 Å². The Balaban J connectivity index is 1.75. The van der Waals surface area contributed by atoms with Crippen molar-refractivity contribution in [2.45, 2.75) is 39.8 Å². The van der Waals surface area contributed by atoms with Crippen LogP contribution in [0.3, 0.4) is 0 Å². The van der Waals surface area contributed by atoms with Crippen molar-refractivity contribution >= 4 is 11.8 Å². The molecule has 2 atom stereocenters. The Bertz CT molecular complexity index is 835. The van der Waals surface area contributed by atoms with Gasteiger partial charge in [-0.05, 0) is 26.8 Å². The Labute approximate surface area is 154 Å². The van der Waals surface area contributed by atoms with Gasteiger partial charge in [0.05, 0.1) is 11.6 Å². The van der Waals surface area contributed by atoms with E-state index in [1.165, 1.54) is 0 Å². The highest BCUT2D eigenvalue weighted by Crippen LogP contribution is 2.35. The van der Waals surface area contributed by atoms with Gasteiger partial charge in [0.1, 0.15) is 5.82 Å². The van der Waals surface area contributed by atoms with Gasteiger partial charge >= 0.3 is 0 Å². The van der Waals surface area contributed by atoms with Gasteiger partial charge in [0.2, 0.25) is 5.91 Å². The fraction of sp³-hybridized carbons (Fsp3) is 0.526. The van der Waals surface area contributed by atoms with Crippen molar-refractivity contribution in [3.05, 3.63) is 41.2 Å². The van der Waals surface area contributed by atoms with E-state index in [0.717, 1.165) is 23.8 Å². The average molecular weight is 357 g/mol. The second-order valence-electron chi connectivity index (χ2n) is 7.05. The van der Waals surface area contributed by atoms with Crippen LogP contribution < -0.4 is 5.32 Å². The van der Waals surface area contributed by atoms with E-state index in [9.17, 15) is 9.59 Å². The van der Waals surface area contributed by atoms with Crippen molar-refractivity contribution in [3.63, 3.8) is 0 Å². The number of likely N-dealkylation sites (tertiary alicyclic amines) is 1. The summed E-state index contributed by atoms with van der Waals surface area (Å²) >= 11 is 0. The first-order valence-corrected chi connectivity index (χ1v) is 9.02. The van der Waals surface area contributed by atoms with E-state index in [2.05, 4.69) is 21.8 Å². The molecule has 0 bridgehead atoms. The highest BCUT2D eigenvalue weighted by atomic mass is 16.2. The first kappa shape index (κ1) is 18.2. The van der Waals surface area contributed by atoms with Crippen LogP contribution >= 0.6 is 0 Å². The van der Waals surface area contributed by atoms with E-state index in [-0.39, 0.29) is 23.8 Å². The summed E-state index contributed by atoms with van der Waals surface area (Å²) in [6.45, 7) is 7.33. The molecule has 1 N–H and O–H groups in total. The monoisotopic (exact) mass is 357 g/mol. The number of aromatic nitrogens is 3. The van der Waals surface area contributed by atoms with Crippen LogP contribution in [0.5, 0.6) is 0 Å². The molecule has 0 aliphatic carbocycles. The van der Waals surface area contributed by atoms with Crippen LogP contribution in [0.2, 0.25) is 0 Å². The van der Waals surface area contributed by atoms with E-state index >= 15 is 0 Å². The molecule has 26 heavy (non-hydrogen) atoms. The van der Waals surface area contributed by atoms with Crippen molar-refractivity contribution < 1.29 is 9.59 Å². The number of aryl methyl sites for hydroxylation is 2. The van der Waals surface area contributed by atoms with E-state index < -0.39 is 0 Å². The molecule has 0 unspecified atom stereocenters. The molecule has 140 valence electrons. The zero-order chi connectivity index (χ0) is 19.0. The summed E-state index contributed by atoms with van der Waals surface area (Å²) < 4.78 is 4.06. The smallest absolute Gasteiger partial charge is 0.253 e. The van der Waals surface area contributed by atoms with Crippen LogP contribution in [-0.4, -0.2) is 44.4 Å². The minimum atomic E-state index is -0.120. The van der Waals surface area contributed by atoms with E-state index in [1.54, 1.807) is 18.1 Å². The van der Waals surface area contributed by atoms with Crippen LogP contribution in [-0.2, 0) is 18.4 Å². The lowest BCUT2D eigenvalue weighted by atomic mass is 9.99. The predicted octanol–water partition coefficient (Wildman–Crippen LogP) is 1.81. The highest BCUT2D eigenvalue weighted by molar-refractivity contribution is 5.95. The number of nitrogens with one attached hydrogen (secondary N) is 1. The summed E-state index contributed by atoms with van der Waals surface area (Å²) in [6, 6.07) is 1.81. The van der Waals surface area contributed by atoms with Crippen LogP contribution in [0.15, 0.2) is 18.5 Å². The van der Waals surface area contributed by atoms with Crippen molar-refractivity contribution in [1.82, 2.24) is 24.3 Å². The summed E-state index contributed by atoms with van der Waals surface area (Å²) in [5.74, 6) is 0.855. The lowest BCUT2D eigenvalue weighted by Crippen LogP contribution is -2.33. The topological polar surface area (TPSA) is 72.2 Å². The summed E-state index contributed by atoms with van der Waals surface area (Å²) in [4.78, 5) is 31.1. The minimum Gasteiger partial charge on any atom is -0.352 e. The maximum Gasteiger partial charge on any atom is 0.253 e. The third kappa shape index (κ3) is 3.02. The lowest BCUT2D eigenvalue weighted by molar-refractivity contribution is -0.127. The zero-order valence-electron chi connectivity index (χ0n) is 16.1. The van der Waals surface area contributed by atoms with Crippen molar-refractivity contribution in [1.29, 1.82) is 0 Å². The number of carbonyl (C=O) groups is 2. The molecular weight excluding hydrogens is 330 g/mol. The van der Waals surface area contributed by atoms with Crippen LogP contribution in [0.25, 0.3) is 0 Å². The molecule has 2 amide bonds. The van der Waals surface area contributed by atoms with Crippen LogP contribution in [0.4, 0.5) is 0 Å². The fourth-order valence-corrected chi connectivity index (χ4v) is 4.02. The van der Waals surface area contributed by atoms with E-state index in [1.807, 2.05) is 37.7 Å². The van der Waals surface area contributed by atoms with Crippen LogP contribution in [0.1, 0.15) is 47.0 Å². The highest BCUT2D eigenvalue weighted by Gasteiger charge is 2.40. The number of rotatable bonds is 5. The van der Waals surface area contributed by atoms with Gasteiger partial charge in [-0.1, -0.05) is 0 Å². The molecule has 3 rings (SSSR count). The number of imidazole rings is 1. The first-order chi connectivity index (χ1) is 12.3. The largest absolute Gasteiger partial charge is 0.352 e. The van der Waals surface area contributed by atoms with Crippen LogP contribution in [0, 0.1) is 19.8 Å². The number of amides is 2. The molecule has 1 fully saturated rings. The maximum atomic E-state index is 12.7. The standard InChI is InChI=1S/C19H27N5O2/c1-6-24-12(2)9-15(13(24)3)19(26)21-11-14-10-16(25)23(5)17(14)18-20-7-8-22(18)4/h7-9,14,17H,6,10-11H2,1-5H3,(H,21,26)/t14-,17+/m0/s1. The fourth-order valence-electron chi connectivity index (χ4n) is 4.02. The molecule has 7 heteroatoms. The normalized spacial score (nSPS) is 20.0. The number of hydrogen-bond acceptors (Lipinski definition) is 3. The molecule has 3 heterocycles. The second-order valence-corrected chi connectivity index (χ2v) is 7.05. The Morgan fingerprint density at radius 1 is 1.35 bits per heavy atom. The lowest BCUT2D eigenvalue weighted by Gasteiger charge is -2.24. The molecule has 0 saturated carbocycles. The predicted molar refractivity (Wildman–Crippen MR) is 98.7 cm³/mol. The summed E-state index contributed by atoms with van der Waals surface area (Å²) in [5.41, 5.74) is 2.76. The molecule has 0 aromatic carbocycles. The average Bonchev–Trinajstić information content (AvgIpc) is 3.23. The maximum absolute atomic E-state index is 12.7. The van der Waals surface area contributed by atoms with Gasteiger partial charge in [-0.3, -0.25) is 9.59 Å². The first-order valence-electron chi connectivity index (χ1n) is 9.02. The second kappa shape index (κ2) is 6.97. The summed E-state index contributed by atoms with van der Waals surface area (Å²) in [7, 11) is 3.73. The molecular formula is C19H27N5O2. The Kier molecular flexibility index (Phi) is 4.89. The number of hydrogen-bond donors (Lipinski definition) is 1.